The van der Waals surface area contributed by atoms with Gasteiger partial charge in [-0.15, -0.1) is 0 Å². The number of aryl methyl sites for hydroxylation is 1. The molecule has 0 aliphatic rings. The molecule has 0 aliphatic carbocycles. The van der Waals surface area contributed by atoms with E-state index in [0.717, 1.165) is 0 Å². The molecular formula is C8H13N3O4S2. The van der Waals surface area contributed by atoms with Crippen molar-refractivity contribution in [1.29, 1.82) is 0 Å². The van der Waals surface area contributed by atoms with Crippen LogP contribution in [-0.2, 0) is 14.8 Å². The van der Waals surface area contributed by atoms with Gasteiger partial charge in [-0.1, -0.05) is 11.3 Å². The van der Waals surface area contributed by atoms with Gasteiger partial charge in [-0.25, -0.2) is 8.42 Å². The Morgan fingerprint density at radius 1 is 1.47 bits per heavy atom. The quantitative estimate of drug-likeness (QED) is 0.673. The highest BCUT2D eigenvalue weighted by atomic mass is 32.2. The number of nitrogens with one attached hydrogen (secondary N) is 2. The van der Waals surface area contributed by atoms with Crippen molar-refractivity contribution in [2.75, 3.05) is 0 Å². The highest BCUT2D eigenvalue weighted by Gasteiger charge is 2.33. The number of carbonyl (C=O) groups is 1. The monoisotopic (exact) mass is 279 g/mol. The second-order valence-corrected chi connectivity index (χ2v) is 6.88. The van der Waals surface area contributed by atoms with Gasteiger partial charge in [0.25, 0.3) is 10.0 Å². The molecule has 1 aromatic heterocycles. The maximum atomic E-state index is 11.9. The Kier molecular flexibility index (Phi) is 3.46. The first kappa shape index (κ1) is 13.9. The van der Waals surface area contributed by atoms with Crippen LogP contribution in [0.3, 0.4) is 0 Å². The molecule has 96 valence electrons. The van der Waals surface area contributed by atoms with Crippen LogP contribution in [0.2, 0.25) is 0 Å². The van der Waals surface area contributed by atoms with Gasteiger partial charge in [0.2, 0.25) is 5.91 Å². The number of amides is 1. The SMILES string of the molecule is Cc1[nH]c(=O)sc1S(=O)(=O)NC(C)(C)C(N)=O. The molecule has 0 spiro atoms. The lowest BCUT2D eigenvalue weighted by Gasteiger charge is -2.21. The summed E-state index contributed by atoms with van der Waals surface area (Å²) < 4.78 is 25.8. The summed E-state index contributed by atoms with van der Waals surface area (Å²) in [7, 11) is -3.94. The van der Waals surface area contributed by atoms with Crippen LogP contribution in [0.4, 0.5) is 0 Å². The minimum atomic E-state index is -3.94. The summed E-state index contributed by atoms with van der Waals surface area (Å²) in [6.45, 7) is 4.15. The van der Waals surface area contributed by atoms with Crippen LogP contribution in [0, 0.1) is 6.92 Å². The molecule has 0 unspecified atom stereocenters. The third-order valence-corrected chi connectivity index (χ3v) is 5.29. The Labute approximate surface area is 102 Å². The van der Waals surface area contributed by atoms with Crippen LogP contribution in [-0.4, -0.2) is 24.8 Å². The number of aromatic nitrogens is 1. The number of carbonyl (C=O) groups excluding carboxylic acids is 1. The van der Waals surface area contributed by atoms with Gasteiger partial charge in [0.15, 0.2) is 4.21 Å². The molecule has 0 bridgehead atoms. The number of thiazole rings is 1. The Morgan fingerprint density at radius 3 is 2.35 bits per heavy atom. The number of rotatable bonds is 4. The van der Waals surface area contributed by atoms with E-state index in [1.165, 1.54) is 20.8 Å². The summed E-state index contributed by atoms with van der Waals surface area (Å²) >= 11 is 0.560. The number of sulfonamides is 1. The summed E-state index contributed by atoms with van der Waals surface area (Å²) in [5.74, 6) is -0.804. The number of primary amides is 1. The molecule has 0 saturated heterocycles. The van der Waals surface area contributed by atoms with E-state index in [0.29, 0.717) is 11.3 Å². The van der Waals surface area contributed by atoms with Crippen molar-refractivity contribution in [3.63, 3.8) is 0 Å². The van der Waals surface area contributed by atoms with Gasteiger partial charge in [0, 0.05) is 5.69 Å². The van der Waals surface area contributed by atoms with E-state index < -0.39 is 26.3 Å². The van der Waals surface area contributed by atoms with E-state index in [2.05, 4.69) is 9.71 Å². The summed E-state index contributed by atoms with van der Waals surface area (Å²) in [6.07, 6.45) is 0. The highest BCUT2D eigenvalue weighted by Crippen LogP contribution is 2.18. The zero-order chi connectivity index (χ0) is 13.4. The summed E-state index contributed by atoms with van der Waals surface area (Å²) in [4.78, 5) is 24.0. The Morgan fingerprint density at radius 2 is 2.00 bits per heavy atom. The molecule has 1 amide bonds. The first-order valence-corrected chi connectivity index (χ1v) is 6.90. The minimum Gasteiger partial charge on any atom is -0.368 e. The van der Waals surface area contributed by atoms with Gasteiger partial charge in [-0.2, -0.15) is 4.72 Å². The van der Waals surface area contributed by atoms with Crippen molar-refractivity contribution < 1.29 is 13.2 Å². The third kappa shape index (κ3) is 2.93. The zero-order valence-electron chi connectivity index (χ0n) is 9.53. The van der Waals surface area contributed by atoms with Crippen molar-refractivity contribution in [3.8, 4) is 0 Å². The molecule has 0 aromatic carbocycles. The second-order valence-electron chi connectivity index (χ2n) is 4.02. The third-order valence-electron chi connectivity index (χ3n) is 2.03. The molecule has 9 heteroatoms. The van der Waals surface area contributed by atoms with E-state index in [1.54, 1.807) is 0 Å². The van der Waals surface area contributed by atoms with Crippen LogP contribution in [0.1, 0.15) is 19.5 Å². The first-order chi connectivity index (χ1) is 7.56. The van der Waals surface area contributed by atoms with Gasteiger partial charge in [0.1, 0.15) is 5.54 Å². The summed E-state index contributed by atoms with van der Waals surface area (Å²) in [6, 6.07) is 0. The van der Waals surface area contributed by atoms with Gasteiger partial charge in [0.05, 0.1) is 0 Å². The van der Waals surface area contributed by atoms with Gasteiger partial charge < -0.3 is 10.7 Å². The van der Waals surface area contributed by atoms with Crippen LogP contribution < -0.4 is 15.3 Å². The number of nitrogens with two attached hydrogens (primary N) is 1. The van der Waals surface area contributed by atoms with Gasteiger partial charge in [-0.3, -0.25) is 9.59 Å². The van der Waals surface area contributed by atoms with Crippen molar-refractivity contribution in [2.45, 2.75) is 30.5 Å². The Hall–Kier alpha value is -1.19. The van der Waals surface area contributed by atoms with Crippen LogP contribution in [0.25, 0.3) is 0 Å². The van der Waals surface area contributed by atoms with Crippen molar-refractivity contribution in [1.82, 2.24) is 9.71 Å². The summed E-state index contributed by atoms with van der Waals surface area (Å²) in [5.41, 5.74) is 3.88. The number of H-pyrrole nitrogens is 1. The molecule has 1 heterocycles. The second kappa shape index (κ2) is 4.24. The smallest absolute Gasteiger partial charge is 0.305 e. The topological polar surface area (TPSA) is 122 Å². The molecule has 17 heavy (non-hydrogen) atoms. The van der Waals surface area contributed by atoms with E-state index in [4.69, 9.17) is 5.73 Å². The van der Waals surface area contributed by atoms with Crippen molar-refractivity contribution >= 4 is 27.3 Å². The average molecular weight is 279 g/mol. The van der Waals surface area contributed by atoms with Crippen molar-refractivity contribution in [3.05, 3.63) is 15.4 Å². The Balaban J connectivity index is 3.18. The zero-order valence-corrected chi connectivity index (χ0v) is 11.2. The fraction of sp³-hybridized carbons (Fsp3) is 0.500. The van der Waals surface area contributed by atoms with Crippen LogP contribution >= 0.6 is 11.3 Å². The Bertz CT molecular complexity index is 597. The molecule has 1 aromatic rings. The fourth-order valence-corrected chi connectivity index (χ4v) is 3.77. The number of hydrogen-bond donors (Lipinski definition) is 3. The molecule has 0 aliphatic heterocycles. The molecule has 7 nitrogen and oxygen atoms in total. The first-order valence-electron chi connectivity index (χ1n) is 4.60. The molecule has 0 atom stereocenters. The number of aromatic amines is 1. The average Bonchev–Trinajstić information content (AvgIpc) is 2.43. The summed E-state index contributed by atoms with van der Waals surface area (Å²) in [5, 5.41) is 0. The minimum absolute atomic E-state index is 0.142. The number of hydrogen-bond acceptors (Lipinski definition) is 5. The van der Waals surface area contributed by atoms with E-state index in [9.17, 15) is 18.0 Å². The van der Waals surface area contributed by atoms with E-state index in [-0.39, 0.29) is 9.90 Å². The molecule has 0 saturated carbocycles. The van der Waals surface area contributed by atoms with E-state index >= 15 is 0 Å². The predicted octanol–water partition coefficient (Wildman–Crippen LogP) is -0.713. The van der Waals surface area contributed by atoms with Crippen LogP contribution in [0.15, 0.2) is 9.00 Å². The fourth-order valence-electron chi connectivity index (χ4n) is 1.08. The largest absolute Gasteiger partial charge is 0.368 e. The molecule has 4 N–H and O–H groups in total. The maximum absolute atomic E-state index is 11.9. The standard InChI is InChI=1S/C8H13N3O4S2/c1-4-5(16-7(13)10-4)17(14,15)11-8(2,3)6(9)12/h11H,1-3H3,(H2,9,12)(H,10,13). The van der Waals surface area contributed by atoms with Gasteiger partial charge >= 0.3 is 4.87 Å². The van der Waals surface area contributed by atoms with E-state index in [1.807, 2.05) is 0 Å². The molecule has 1 rings (SSSR count). The van der Waals surface area contributed by atoms with Crippen molar-refractivity contribution in [2.24, 2.45) is 5.73 Å². The normalized spacial score (nSPS) is 12.6. The lowest BCUT2D eigenvalue weighted by Crippen LogP contribution is -2.52. The molecular weight excluding hydrogens is 266 g/mol. The predicted molar refractivity (Wildman–Crippen MR) is 63.3 cm³/mol. The lowest BCUT2D eigenvalue weighted by atomic mass is 10.1. The van der Waals surface area contributed by atoms with Crippen LogP contribution in [0.5, 0.6) is 0 Å². The lowest BCUT2D eigenvalue weighted by molar-refractivity contribution is -0.122. The molecule has 0 fully saturated rings. The molecule has 0 radical (unpaired) electrons. The highest BCUT2D eigenvalue weighted by molar-refractivity contribution is 7.91. The maximum Gasteiger partial charge on any atom is 0.305 e. The van der Waals surface area contributed by atoms with Gasteiger partial charge in [-0.05, 0) is 20.8 Å².